The van der Waals surface area contributed by atoms with E-state index in [1.807, 2.05) is 26.0 Å². The van der Waals surface area contributed by atoms with Gasteiger partial charge in [-0.3, -0.25) is 9.52 Å². The molecule has 3 rings (SSSR count). The van der Waals surface area contributed by atoms with Crippen molar-refractivity contribution < 1.29 is 17.9 Å². The predicted octanol–water partition coefficient (Wildman–Crippen LogP) is 6.54. The van der Waals surface area contributed by atoms with Gasteiger partial charge in [0.15, 0.2) is 0 Å². The van der Waals surface area contributed by atoms with Gasteiger partial charge in [0.2, 0.25) is 0 Å². The first kappa shape index (κ1) is 25.8. The van der Waals surface area contributed by atoms with Gasteiger partial charge in [-0.25, -0.2) is 8.42 Å². The second kappa shape index (κ2) is 11.1. The summed E-state index contributed by atoms with van der Waals surface area (Å²) < 4.78 is 34.8. The molecule has 34 heavy (non-hydrogen) atoms. The van der Waals surface area contributed by atoms with Crippen molar-refractivity contribution in [3.05, 3.63) is 81.8 Å². The largest absolute Gasteiger partial charge is 0.493 e. The summed E-state index contributed by atoms with van der Waals surface area (Å²) in [6.45, 7) is 8.56. The molecule has 3 aromatic carbocycles. The Hall–Kier alpha value is -2.84. The second-order valence-electron chi connectivity index (χ2n) is 8.63. The molecule has 0 fully saturated rings. The summed E-state index contributed by atoms with van der Waals surface area (Å²) in [5.74, 6) is 0.648. The maximum absolute atomic E-state index is 12.9. The molecule has 8 heteroatoms. The first-order chi connectivity index (χ1) is 16.0. The number of hydrogen-bond acceptors (Lipinski definition) is 4. The van der Waals surface area contributed by atoms with E-state index in [0.29, 0.717) is 35.2 Å². The van der Waals surface area contributed by atoms with Gasteiger partial charge in [0.05, 0.1) is 17.1 Å². The third kappa shape index (κ3) is 7.08. The summed E-state index contributed by atoms with van der Waals surface area (Å²) in [5.41, 5.74) is 3.32. The Morgan fingerprint density at radius 1 is 0.941 bits per heavy atom. The summed E-state index contributed by atoms with van der Waals surface area (Å²) in [4.78, 5) is 13.0. The van der Waals surface area contributed by atoms with Gasteiger partial charge in [-0.05, 0) is 91.9 Å². The fourth-order valence-electron chi connectivity index (χ4n) is 3.37. The van der Waals surface area contributed by atoms with Gasteiger partial charge in [0, 0.05) is 15.8 Å². The molecule has 1 amide bonds. The molecular formula is C26H29BrN2O4S. The van der Waals surface area contributed by atoms with Crippen molar-refractivity contribution in [1.29, 1.82) is 0 Å². The van der Waals surface area contributed by atoms with Crippen LogP contribution >= 0.6 is 15.9 Å². The minimum Gasteiger partial charge on any atom is -0.493 e. The summed E-state index contributed by atoms with van der Waals surface area (Å²) in [5, 5.41) is 2.81. The van der Waals surface area contributed by atoms with Crippen molar-refractivity contribution in [3.8, 4) is 5.75 Å². The van der Waals surface area contributed by atoms with Crippen LogP contribution in [0.5, 0.6) is 5.75 Å². The lowest BCUT2D eigenvalue weighted by molar-refractivity contribution is 0.102. The van der Waals surface area contributed by atoms with Crippen molar-refractivity contribution in [2.45, 2.75) is 39.0 Å². The van der Waals surface area contributed by atoms with Crippen LogP contribution in [-0.2, 0) is 10.0 Å². The van der Waals surface area contributed by atoms with Crippen LogP contribution in [0.4, 0.5) is 11.4 Å². The molecule has 0 aliphatic heterocycles. The Balaban J connectivity index is 1.73. The number of hydrogen-bond donors (Lipinski definition) is 2. The molecule has 0 saturated heterocycles. The maximum Gasteiger partial charge on any atom is 0.261 e. The zero-order valence-electron chi connectivity index (χ0n) is 19.7. The van der Waals surface area contributed by atoms with E-state index in [2.05, 4.69) is 39.8 Å². The van der Waals surface area contributed by atoms with Crippen molar-refractivity contribution in [1.82, 2.24) is 0 Å². The number of anilines is 2. The van der Waals surface area contributed by atoms with Crippen molar-refractivity contribution in [3.63, 3.8) is 0 Å². The van der Waals surface area contributed by atoms with E-state index in [-0.39, 0.29) is 10.8 Å². The highest BCUT2D eigenvalue weighted by molar-refractivity contribution is 9.10. The quantitative estimate of drug-likeness (QED) is 0.320. The zero-order valence-corrected chi connectivity index (χ0v) is 22.1. The van der Waals surface area contributed by atoms with E-state index in [1.165, 1.54) is 12.1 Å². The fourth-order valence-corrected chi connectivity index (χ4v) is 4.78. The predicted molar refractivity (Wildman–Crippen MR) is 140 cm³/mol. The standard InChI is InChI=1S/C26H29BrN2O4S/c1-17(2)11-12-33-25-10-5-20(27)16-24(25)26(30)28-21-6-8-23(9-7-21)34(31,32)29-22-14-18(3)13-19(4)15-22/h5-10,13-17,29H,11-12H2,1-4H3,(H,28,30). The van der Waals surface area contributed by atoms with Crippen molar-refractivity contribution >= 4 is 43.2 Å². The molecule has 2 N–H and O–H groups in total. The minimum absolute atomic E-state index is 0.102. The van der Waals surface area contributed by atoms with E-state index < -0.39 is 10.0 Å². The van der Waals surface area contributed by atoms with Crippen LogP contribution in [0.3, 0.4) is 0 Å². The Bertz CT molecular complexity index is 1250. The van der Waals surface area contributed by atoms with Gasteiger partial charge in [0.25, 0.3) is 15.9 Å². The molecular weight excluding hydrogens is 516 g/mol. The monoisotopic (exact) mass is 544 g/mol. The molecule has 0 heterocycles. The number of rotatable bonds is 9. The van der Waals surface area contributed by atoms with Gasteiger partial charge in [-0.1, -0.05) is 35.8 Å². The lowest BCUT2D eigenvalue weighted by Gasteiger charge is -2.14. The van der Waals surface area contributed by atoms with Crippen LogP contribution in [0.25, 0.3) is 0 Å². The lowest BCUT2D eigenvalue weighted by Crippen LogP contribution is -2.15. The summed E-state index contributed by atoms with van der Waals surface area (Å²) >= 11 is 3.40. The van der Waals surface area contributed by atoms with Gasteiger partial charge in [0.1, 0.15) is 5.75 Å². The third-order valence-corrected chi connectivity index (χ3v) is 6.93. The molecule has 0 aromatic heterocycles. The van der Waals surface area contributed by atoms with Crippen molar-refractivity contribution in [2.75, 3.05) is 16.6 Å². The summed E-state index contributed by atoms with van der Waals surface area (Å²) in [7, 11) is -3.76. The SMILES string of the molecule is Cc1cc(C)cc(NS(=O)(=O)c2ccc(NC(=O)c3cc(Br)ccc3OCCC(C)C)cc2)c1. The number of carbonyl (C=O) groups excluding carboxylic acids is 1. The molecule has 0 unspecified atom stereocenters. The third-order valence-electron chi connectivity index (χ3n) is 5.04. The Morgan fingerprint density at radius 2 is 1.59 bits per heavy atom. The average molecular weight is 545 g/mol. The molecule has 0 aliphatic carbocycles. The van der Waals surface area contributed by atoms with E-state index in [1.54, 1.807) is 36.4 Å². The molecule has 180 valence electrons. The van der Waals surface area contributed by atoms with Crippen molar-refractivity contribution in [2.24, 2.45) is 5.92 Å². The van der Waals surface area contributed by atoms with E-state index >= 15 is 0 Å². The highest BCUT2D eigenvalue weighted by Gasteiger charge is 2.17. The smallest absolute Gasteiger partial charge is 0.261 e. The molecule has 6 nitrogen and oxygen atoms in total. The molecule has 0 bridgehead atoms. The van der Waals surface area contributed by atoms with Crippen LogP contribution in [0.2, 0.25) is 0 Å². The number of amides is 1. The number of halogens is 1. The molecule has 0 radical (unpaired) electrons. The van der Waals surface area contributed by atoms with Crippen LogP contribution < -0.4 is 14.8 Å². The summed E-state index contributed by atoms with van der Waals surface area (Å²) in [6.07, 6.45) is 0.878. The average Bonchev–Trinajstić information content (AvgIpc) is 2.73. The normalized spacial score (nSPS) is 11.4. The maximum atomic E-state index is 12.9. The van der Waals surface area contributed by atoms with E-state index in [0.717, 1.165) is 22.0 Å². The molecule has 3 aromatic rings. The minimum atomic E-state index is -3.76. The first-order valence-corrected chi connectivity index (χ1v) is 13.3. The van der Waals surface area contributed by atoms with Gasteiger partial charge in [-0.15, -0.1) is 0 Å². The van der Waals surface area contributed by atoms with Gasteiger partial charge < -0.3 is 10.1 Å². The number of carbonyl (C=O) groups is 1. The van der Waals surface area contributed by atoms with E-state index in [4.69, 9.17) is 4.74 Å². The number of aryl methyl sites for hydroxylation is 2. The lowest BCUT2D eigenvalue weighted by atomic mass is 10.1. The first-order valence-electron chi connectivity index (χ1n) is 11.0. The molecule has 0 spiro atoms. The Morgan fingerprint density at radius 3 is 2.21 bits per heavy atom. The molecule has 0 saturated carbocycles. The molecule has 0 atom stereocenters. The Kier molecular flexibility index (Phi) is 8.38. The zero-order chi connectivity index (χ0) is 24.9. The fraction of sp³-hybridized carbons (Fsp3) is 0.269. The van der Waals surface area contributed by atoms with Gasteiger partial charge in [-0.2, -0.15) is 0 Å². The number of nitrogens with one attached hydrogen (secondary N) is 2. The van der Waals surface area contributed by atoms with Gasteiger partial charge >= 0.3 is 0 Å². The highest BCUT2D eigenvalue weighted by Crippen LogP contribution is 2.26. The summed E-state index contributed by atoms with van der Waals surface area (Å²) in [6, 6.07) is 16.8. The van der Waals surface area contributed by atoms with Crippen LogP contribution in [0, 0.1) is 19.8 Å². The molecule has 0 aliphatic rings. The van der Waals surface area contributed by atoms with E-state index in [9.17, 15) is 13.2 Å². The highest BCUT2D eigenvalue weighted by atomic mass is 79.9. The number of benzene rings is 3. The Labute approximate surface area is 209 Å². The second-order valence-corrected chi connectivity index (χ2v) is 11.2. The number of ether oxygens (including phenoxy) is 1. The van der Waals surface area contributed by atoms with Crippen LogP contribution in [0.1, 0.15) is 41.8 Å². The van der Waals surface area contributed by atoms with Crippen LogP contribution in [0.15, 0.2) is 70.0 Å². The number of sulfonamides is 1. The topological polar surface area (TPSA) is 84.5 Å². The van der Waals surface area contributed by atoms with Crippen LogP contribution in [-0.4, -0.2) is 20.9 Å².